The van der Waals surface area contributed by atoms with Gasteiger partial charge in [0, 0.05) is 17.4 Å². The Hall–Kier alpha value is -1.30. The molecule has 0 aliphatic rings. The van der Waals surface area contributed by atoms with Crippen LogP contribution in [-0.2, 0) is 0 Å². The Balaban J connectivity index is 2.27. The summed E-state index contributed by atoms with van der Waals surface area (Å²) in [6.07, 6.45) is 2.16. The van der Waals surface area contributed by atoms with Gasteiger partial charge in [-0.1, -0.05) is 21.1 Å². The number of amidine groups is 1. The van der Waals surface area contributed by atoms with Crippen molar-refractivity contribution >= 4 is 27.5 Å². The molecule has 0 heterocycles. The smallest absolute Gasteiger partial charge is 0.147 e. The number of hydrogen-bond donors (Lipinski definition) is 3. The fourth-order valence-electron chi connectivity index (χ4n) is 1.34. The summed E-state index contributed by atoms with van der Waals surface area (Å²) in [6, 6.07) is 4.88. The summed E-state index contributed by atoms with van der Waals surface area (Å²) in [4.78, 5) is 0. The van der Waals surface area contributed by atoms with E-state index in [0.717, 1.165) is 12.8 Å². The van der Waals surface area contributed by atoms with Crippen molar-refractivity contribution in [2.75, 3.05) is 11.9 Å². The fourth-order valence-corrected chi connectivity index (χ4v) is 1.67. The van der Waals surface area contributed by atoms with Crippen LogP contribution in [-0.4, -0.2) is 17.6 Å². The van der Waals surface area contributed by atoms with E-state index < -0.39 is 0 Å². The maximum atomic E-state index is 13.4. The zero-order chi connectivity index (χ0) is 12.7. The van der Waals surface area contributed by atoms with Crippen LogP contribution < -0.4 is 11.1 Å². The lowest BCUT2D eigenvalue weighted by molar-refractivity contribution is 0.316. The van der Waals surface area contributed by atoms with Gasteiger partial charge in [0.1, 0.15) is 11.7 Å². The minimum atomic E-state index is -0.282. The molecular weight excluding hydrogens is 289 g/mol. The number of rotatable bonds is 6. The van der Waals surface area contributed by atoms with E-state index in [-0.39, 0.29) is 11.7 Å². The molecule has 0 bridgehead atoms. The Kier molecular flexibility index (Phi) is 5.76. The van der Waals surface area contributed by atoms with Crippen LogP contribution in [0.3, 0.4) is 0 Å². The standard InChI is InChI=1S/C11H15BrFN3O/c12-8-4-5-10(9(13)7-8)15-6-2-1-3-11(14)16-17/h4-5,7,15,17H,1-3,6H2,(H2,14,16). The quantitative estimate of drug-likeness (QED) is 0.249. The second-order valence-electron chi connectivity index (χ2n) is 3.60. The first-order valence-corrected chi connectivity index (χ1v) is 6.08. The third-order valence-electron chi connectivity index (χ3n) is 2.23. The summed E-state index contributed by atoms with van der Waals surface area (Å²) in [6.45, 7) is 0.650. The first-order chi connectivity index (χ1) is 8.13. The van der Waals surface area contributed by atoms with Crippen LogP contribution in [0.15, 0.2) is 27.8 Å². The molecule has 0 spiro atoms. The van der Waals surface area contributed by atoms with Crippen molar-refractivity contribution in [1.82, 2.24) is 0 Å². The molecule has 1 aromatic rings. The van der Waals surface area contributed by atoms with Crippen LogP contribution in [0.2, 0.25) is 0 Å². The fraction of sp³-hybridized carbons (Fsp3) is 0.364. The Morgan fingerprint density at radius 2 is 2.24 bits per heavy atom. The van der Waals surface area contributed by atoms with Crippen molar-refractivity contribution < 1.29 is 9.60 Å². The Morgan fingerprint density at radius 1 is 1.47 bits per heavy atom. The monoisotopic (exact) mass is 303 g/mol. The Morgan fingerprint density at radius 3 is 2.88 bits per heavy atom. The lowest BCUT2D eigenvalue weighted by Crippen LogP contribution is -2.12. The van der Waals surface area contributed by atoms with Crippen molar-refractivity contribution in [1.29, 1.82) is 0 Å². The zero-order valence-electron chi connectivity index (χ0n) is 9.29. The summed E-state index contributed by atoms with van der Waals surface area (Å²) in [7, 11) is 0. The van der Waals surface area contributed by atoms with E-state index in [1.54, 1.807) is 12.1 Å². The molecule has 0 aliphatic heterocycles. The van der Waals surface area contributed by atoms with Gasteiger partial charge in [0.15, 0.2) is 0 Å². The van der Waals surface area contributed by atoms with E-state index >= 15 is 0 Å². The molecule has 94 valence electrons. The van der Waals surface area contributed by atoms with Gasteiger partial charge in [-0.3, -0.25) is 0 Å². The first kappa shape index (κ1) is 13.8. The molecule has 0 atom stereocenters. The average Bonchev–Trinajstić information content (AvgIpc) is 2.30. The maximum absolute atomic E-state index is 13.4. The number of benzene rings is 1. The number of nitrogens with zero attached hydrogens (tertiary/aromatic N) is 1. The maximum Gasteiger partial charge on any atom is 0.147 e. The van der Waals surface area contributed by atoms with Crippen LogP contribution in [0.4, 0.5) is 10.1 Å². The molecule has 0 fully saturated rings. The lowest BCUT2D eigenvalue weighted by Gasteiger charge is -2.07. The first-order valence-electron chi connectivity index (χ1n) is 5.29. The summed E-state index contributed by atoms with van der Waals surface area (Å²) in [5.41, 5.74) is 5.80. The number of hydrogen-bond acceptors (Lipinski definition) is 3. The minimum Gasteiger partial charge on any atom is -0.409 e. The second-order valence-corrected chi connectivity index (χ2v) is 4.52. The van der Waals surface area contributed by atoms with Gasteiger partial charge in [-0.05, 0) is 31.0 Å². The topological polar surface area (TPSA) is 70.6 Å². The molecule has 6 heteroatoms. The van der Waals surface area contributed by atoms with Crippen molar-refractivity contribution in [3.63, 3.8) is 0 Å². The third-order valence-corrected chi connectivity index (χ3v) is 2.73. The molecule has 0 radical (unpaired) electrons. The summed E-state index contributed by atoms with van der Waals surface area (Å²) >= 11 is 3.19. The van der Waals surface area contributed by atoms with E-state index in [2.05, 4.69) is 26.4 Å². The Bertz CT molecular complexity index is 398. The number of anilines is 1. The number of nitrogens with two attached hydrogens (primary N) is 1. The highest BCUT2D eigenvalue weighted by Gasteiger charge is 2.01. The van der Waals surface area contributed by atoms with Crippen molar-refractivity contribution in [3.8, 4) is 0 Å². The normalized spacial score (nSPS) is 11.5. The largest absolute Gasteiger partial charge is 0.409 e. The SMILES string of the molecule is NC(CCCCNc1ccc(Br)cc1F)=NO. The van der Waals surface area contributed by atoms with Gasteiger partial charge in [-0.15, -0.1) is 0 Å². The molecule has 1 aromatic carbocycles. The van der Waals surface area contributed by atoms with E-state index in [0.29, 0.717) is 23.1 Å². The second kappa shape index (κ2) is 7.11. The highest BCUT2D eigenvalue weighted by molar-refractivity contribution is 9.10. The number of nitrogens with one attached hydrogen (secondary N) is 1. The van der Waals surface area contributed by atoms with Crippen LogP contribution in [0.5, 0.6) is 0 Å². The van der Waals surface area contributed by atoms with E-state index in [1.165, 1.54) is 6.07 Å². The molecule has 1 rings (SSSR count). The predicted octanol–water partition coefficient (Wildman–Crippen LogP) is 2.92. The van der Waals surface area contributed by atoms with E-state index in [1.807, 2.05) is 0 Å². The summed E-state index contributed by atoms with van der Waals surface area (Å²) < 4.78 is 14.1. The molecule has 0 unspecified atom stereocenters. The molecule has 0 saturated heterocycles. The number of oxime groups is 1. The highest BCUT2D eigenvalue weighted by Crippen LogP contribution is 2.19. The van der Waals surface area contributed by atoms with Gasteiger partial charge in [-0.25, -0.2) is 4.39 Å². The zero-order valence-corrected chi connectivity index (χ0v) is 10.9. The highest BCUT2D eigenvalue weighted by atomic mass is 79.9. The van der Waals surface area contributed by atoms with E-state index in [9.17, 15) is 4.39 Å². The molecule has 0 aromatic heterocycles. The van der Waals surface area contributed by atoms with Gasteiger partial charge in [0.25, 0.3) is 0 Å². The van der Waals surface area contributed by atoms with Crippen LogP contribution in [0, 0.1) is 5.82 Å². The molecular formula is C11H15BrFN3O. The summed E-state index contributed by atoms with van der Waals surface area (Å²) in [5, 5.41) is 14.2. The summed E-state index contributed by atoms with van der Waals surface area (Å²) in [5.74, 6) is -0.0596. The van der Waals surface area contributed by atoms with Gasteiger partial charge < -0.3 is 16.3 Å². The third kappa shape index (κ3) is 5.04. The molecule has 4 nitrogen and oxygen atoms in total. The van der Waals surface area contributed by atoms with Gasteiger partial charge >= 0.3 is 0 Å². The number of unbranched alkanes of at least 4 members (excludes halogenated alkanes) is 1. The molecule has 0 saturated carbocycles. The van der Waals surface area contributed by atoms with Crippen molar-refractivity contribution in [2.45, 2.75) is 19.3 Å². The van der Waals surface area contributed by atoms with Crippen LogP contribution >= 0.6 is 15.9 Å². The van der Waals surface area contributed by atoms with Gasteiger partial charge in [0.2, 0.25) is 0 Å². The van der Waals surface area contributed by atoms with Crippen molar-refractivity contribution in [3.05, 3.63) is 28.5 Å². The lowest BCUT2D eigenvalue weighted by atomic mass is 10.2. The average molecular weight is 304 g/mol. The van der Waals surface area contributed by atoms with Crippen molar-refractivity contribution in [2.24, 2.45) is 10.9 Å². The van der Waals surface area contributed by atoms with Crippen LogP contribution in [0.25, 0.3) is 0 Å². The number of halogens is 2. The van der Waals surface area contributed by atoms with Crippen LogP contribution in [0.1, 0.15) is 19.3 Å². The molecule has 4 N–H and O–H groups in total. The Labute approximate surface area is 108 Å². The van der Waals surface area contributed by atoms with Gasteiger partial charge in [-0.2, -0.15) is 0 Å². The molecule has 0 aliphatic carbocycles. The van der Waals surface area contributed by atoms with E-state index in [4.69, 9.17) is 10.9 Å². The van der Waals surface area contributed by atoms with Gasteiger partial charge in [0.05, 0.1) is 5.69 Å². The molecule has 0 amide bonds. The molecule has 17 heavy (non-hydrogen) atoms. The predicted molar refractivity (Wildman–Crippen MR) is 69.8 cm³/mol. The minimum absolute atomic E-state index is 0.222.